The molecule has 1 aliphatic carbocycles. The van der Waals surface area contributed by atoms with Crippen LogP contribution in [0.3, 0.4) is 0 Å². The average molecular weight is 257 g/mol. The van der Waals surface area contributed by atoms with Gasteiger partial charge in [0.1, 0.15) is 5.69 Å². The summed E-state index contributed by atoms with van der Waals surface area (Å²) in [6.07, 6.45) is 3.03. The van der Waals surface area contributed by atoms with Crippen LogP contribution in [0.1, 0.15) is 49.2 Å². The molecule has 2 aliphatic rings. The molecule has 2 heterocycles. The highest BCUT2D eigenvalue weighted by Gasteiger charge is 2.50. The Bertz CT molecular complexity index is 650. The Labute approximate surface area is 113 Å². The molecule has 0 saturated heterocycles. The Morgan fingerprint density at radius 1 is 1.21 bits per heavy atom. The molecule has 3 heteroatoms. The van der Waals surface area contributed by atoms with Gasteiger partial charge in [-0.3, -0.25) is 4.57 Å². The summed E-state index contributed by atoms with van der Waals surface area (Å²) < 4.78 is 7.66. The number of rotatable bonds is 0. The predicted octanol–water partition coefficient (Wildman–Crippen LogP) is 3.98. The van der Waals surface area contributed by atoms with Gasteiger partial charge < -0.3 is 4.74 Å². The topological polar surface area (TPSA) is 31.2 Å². The van der Waals surface area contributed by atoms with Gasteiger partial charge in [-0.1, -0.05) is 25.5 Å². The van der Waals surface area contributed by atoms with E-state index >= 15 is 0 Å². The molecule has 4 rings (SSSR count). The molecule has 1 aromatic heterocycles. The van der Waals surface area contributed by atoms with E-state index in [1.807, 2.05) is 19.9 Å². The summed E-state index contributed by atoms with van der Waals surface area (Å²) in [6, 6.07) is 8.26. The van der Waals surface area contributed by atoms with Gasteiger partial charge in [0.15, 0.2) is 5.72 Å². The van der Waals surface area contributed by atoms with Crippen LogP contribution in [0.15, 0.2) is 24.3 Å². The summed E-state index contributed by atoms with van der Waals surface area (Å²) in [4.78, 5) is 11.9. The summed E-state index contributed by atoms with van der Waals surface area (Å²) in [6.45, 7) is 6.07. The molecular weight excluding hydrogens is 238 g/mol. The lowest BCUT2D eigenvalue weighted by molar-refractivity contribution is -0.0958. The molecule has 3 nitrogen and oxygen atoms in total. The van der Waals surface area contributed by atoms with Gasteiger partial charge in [-0.05, 0) is 31.5 Å². The zero-order valence-electron chi connectivity index (χ0n) is 11.7. The third-order valence-electron chi connectivity index (χ3n) is 3.99. The van der Waals surface area contributed by atoms with Gasteiger partial charge in [-0.15, -0.1) is 0 Å². The maximum absolute atomic E-state index is 11.9. The van der Waals surface area contributed by atoms with Crippen LogP contribution >= 0.6 is 0 Å². The summed E-state index contributed by atoms with van der Waals surface area (Å²) >= 11 is 0. The Kier molecular flexibility index (Phi) is 2.66. The van der Waals surface area contributed by atoms with E-state index in [9.17, 15) is 4.79 Å². The molecule has 0 radical (unpaired) electrons. The van der Waals surface area contributed by atoms with Crippen LogP contribution < -0.4 is 0 Å². The molecule has 0 amide bonds. The van der Waals surface area contributed by atoms with Crippen LogP contribution in [-0.4, -0.2) is 10.5 Å². The van der Waals surface area contributed by atoms with E-state index in [4.69, 9.17) is 4.74 Å². The van der Waals surface area contributed by atoms with Crippen molar-refractivity contribution in [2.24, 2.45) is 0 Å². The molecule has 100 valence electrons. The largest absolute Gasteiger partial charge is 0.434 e. The molecule has 1 saturated carbocycles. The van der Waals surface area contributed by atoms with Gasteiger partial charge in [0.05, 0.1) is 5.52 Å². The maximum Gasteiger partial charge on any atom is 0.357 e. The molecule has 19 heavy (non-hydrogen) atoms. The van der Waals surface area contributed by atoms with Crippen molar-refractivity contribution in [3.63, 3.8) is 0 Å². The minimum Gasteiger partial charge on any atom is -0.434 e. The first kappa shape index (κ1) is 12.3. The molecule has 1 fully saturated rings. The Morgan fingerprint density at radius 3 is 2.58 bits per heavy atom. The Hall–Kier alpha value is -1.77. The Morgan fingerprint density at radius 2 is 1.95 bits per heavy atom. The minimum absolute atomic E-state index is 0.168. The standard InChI is InChI=1S/C14H13NO2.C2H6/c1-9-3-4-11-10(7-9)8-12-13(16)17-14(15(11)12)5-2-6-14;1-2/h3-4,7-8H,2,5-6H2,1H3;1-2H3. The average Bonchev–Trinajstić information content (AvgIpc) is 2.87. The number of aryl methyl sites for hydroxylation is 1. The first-order valence-electron chi connectivity index (χ1n) is 7.06. The van der Waals surface area contributed by atoms with E-state index in [0.29, 0.717) is 5.69 Å². The number of nitrogens with zero attached hydrogens (tertiary/aromatic N) is 1. The smallest absolute Gasteiger partial charge is 0.357 e. The minimum atomic E-state index is -0.358. The lowest BCUT2D eigenvalue weighted by atomic mass is 9.88. The molecule has 1 spiro atoms. The number of carbonyl (C=O) groups is 1. The molecule has 0 atom stereocenters. The SMILES string of the molecule is CC.Cc1ccc2c(c1)cc1n2C2(CCC2)OC1=O. The second kappa shape index (κ2) is 4.12. The molecule has 2 aromatic rings. The quantitative estimate of drug-likeness (QED) is 0.668. The van der Waals surface area contributed by atoms with Crippen molar-refractivity contribution in [2.45, 2.75) is 45.8 Å². The van der Waals surface area contributed by atoms with Crippen molar-refractivity contribution in [1.29, 1.82) is 0 Å². The summed E-state index contributed by atoms with van der Waals surface area (Å²) in [5, 5.41) is 1.14. The predicted molar refractivity (Wildman–Crippen MR) is 75.3 cm³/mol. The third-order valence-corrected chi connectivity index (χ3v) is 3.99. The van der Waals surface area contributed by atoms with Gasteiger partial charge in [0, 0.05) is 18.2 Å². The highest BCUT2D eigenvalue weighted by molar-refractivity contribution is 5.98. The van der Waals surface area contributed by atoms with Gasteiger partial charge in [-0.25, -0.2) is 4.79 Å². The number of hydrogen-bond acceptors (Lipinski definition) is 2. The fourth-order valence-electron chi connectivity index (χ4n) is 3.00. The second-order valence-electron chi connectivity index (χ2n) is 5.12. The molecule has 1 aromatic carbocycles. The van der Waals surface area contributed by atoms with Gasteiger partial charge in [-0.2, -0.15) is 0 Å². The van der Waals surface area contributed by atoms with Crippen molar-refractivity contribution < 1.29 is 9.53 Å². The normalized spacial score (nSPS) is 18.6. The van der Waals surface area contributed by atoms with Gasteiger partial charge in [0.25, 0.3) is 0 Å². The lowest BCUT2D eigenvalue weighted by Gasteiger charge is -2.38. The van der Waals surface area contributed by atoms with Crippen molar-refractivity contribution in [2.75, 3.05) is 0 Å². The lowest BCUT2D eigenvalue weighted by Crippen LogP contribution is -2.39. The maximum atomic E-state index is 11.9. The van der Waals surface area contributed by atoms with Crippen molar-refractivity contribution >= 4 is 16.9 Å². The first-order chi connectivity index (χ1) is 9.20. The van der Waals surface area contributed by atoms with Crippen LogP contribution in [-0.2, 0) is 10.5 Å². The van der Waals surface area contributed by atoms with Gasteiger partial charge in [0.2, 0.25) is 0 Å². The van der Waals surface area contributed by atoms with Crippen LogP contribution in [0.25, 0.3) is 10.9 Å². The highest BCUT2D eigenvalue weighted by Crippen LogP contribution is 2.48. The number of fused-ring (bicyclic) bond motifs is 4. The number of ether oxygens (including phenoxy) is 1. The molecule has 1 aliphatic heterocycles. The van der Waals surface area contributed by atoms with E-state index in [1.54, 1.807) is 0 Å². The first-order valence-corrected chi connectivity index (χ1v) is 7.06. The monoisotopic (exact) mass is 257 g/mol. The number of hydrogen-bond donors (Lipinski definition) is 0. The summed E-state index contributed by atoms with van der Waals surface area (Å²) in [7, 11) is 0. The molecule has 0 unspecified atom stereocenters. The number of aromatic nitrogens is 1. The van der Waals surface area contributed by atoms with Crippen molar-refractivity contribution in [3.8, 4) is 0 Å². The van der Waals surface area contributed by atoms with Crippen molar-refractivity contribution in [3.05, 3.63) is 35.5 Å². The highest BCUT2D eigenvalue weighted by atomic mass is 16.6. The van der Waals surface area contributed by atoms with E-state index in [2.05, 4.69) is 29.7 Å². The number of benzene rings is 1. The summed E-state index contributed by atoms with van der Waals surface area (Å²) in [5.41, 5.74) is 2.70. The van der Waals surface area contributed by atoms with Crippen LogP contribution in [0.2, 0.25) is 0 Å². The Balaban J connectivity index is 0.000000528. The third kappa shape index (κ3) is 1.54. The van der Waals surface area contributed by atoms with E-state index < -0.39 is 0 Å². The van der Waals surface area contributed by atoms with E-state index in [0.717, 1.165) is 30.2 Å². The fourth-order valence-corrected chi connectivity index (χ4v) is 3.00. The molecule has 0 N–H and O–H groups in total. The fraction of sp³-hybridized carbons (Fsp3) is 0.438. The number of esters is 1. The van der Waals surface area contributed by atoms with E-state index in [1.165, 1.54) is 5.56 Å². The summed E-state index contributed by atoms with van der Waals surface area (Å²) in [5.74, 6) is -0.168. The molecule has 0 bridgehead atoms. The van der Waals surface area contributed by atoms with Gasteiger partial charge >= 0.3 is 5.97 Å². The van der Waals surface area contributed by atoms with Crippen LogP contribution in [0.5, 0.6) is 0 Å². The van der Waals surface area contributed by atoms with E-state index in [-0.39, 0.29) is 11.7 Å². The van der Waals surface area contributed by atoms with Crippen LogP contribution in [0.4, 0.5) is 0 Å². The van der Waals surface area contributed by atoms with Crippen LogP contribution in [0, 0.1) is 6.92 Å². The second-order valence-corrected chi connectivity index (χ2v) is 5.12. The zero-order chi connectivity index (χ0) is 13.6. The number of carbonyl (C=O) groups excluding carboxylic acids is 1. The molecular formula is C16H19NO2. The zero-order valence-corrected chi connectivity index (χ0v) is 11.7. The van der Waals surface area contributed by atoms with Crippen molar-refractivity contribution in [1.82, 2.24) is 4.57 Å².